The number of hydrogen-bond donors (Lipinski definition) is 1. The Morgan fingerprint density at radius 1 is 1.06 bits per heavy atom. The molecule has 160 valence electrons. The summed E-state index contributed by atoms with van der Waals surface area (Å²) in [6.07, 6.45) is 0. The predicted octanol–water partition coefficient (Wildman–Crippen LogP) is 5.83. The van der Waals surface area contributed by atoms with Crippen molar-refractivity contribution in [1.82, 2.24) is 10.1 Å². The number of furan rings is 1. The third-order valence-electron chi connectivity index (χ3n) is 5.00. The maximum atomic E-state index is 13.2. The first-order valence-electron chi connectivity index (χ1n) is 9.94. The van der Waals surface area contributed by atoms with Crippen LogP contribution in [0.5, 0.6) is 5.75 Å². The number of benzene rings is 3. The molecule has 2 aromatic heterocycles. The van der Waals surface area contributed by atoms with Crippen molar-refractivity contribution in [2.45, 2.75) is 17.6 Å². The van der Waals surface area contributed by atoms with Gasteiger partial charge in [-0.25, -0.2) is 0 Å². The average Bonchev–Trinajstić information content (AvgIpc) is 3.39. The van der Waals surface area contributed by atoms with Crippen LogP contribution in [0.3, 0.4) is 0 Å². The molecule has 0 aliphatic heterocycles. The highest BCUT2D eigenvalue weighted by Gasteiger charge is 2.17. The SMILES string of the molecule is COc1cc2c(cc1NC(=O)c1ccccc1SCc1nc(C)no1)oc1ccccc12. The highest BCUT2D eigenvalue weighted by atomic mass is 32.2. The number of carbonyl (C=O) groups excluding carboxylic acids is 1. The van der Waals surface area contributed by atoms with Gasteiger partial charge >= 0.3 is 0 Å². The summed E-state index contributed by atoms with van der Waals surface area (Å²) >= 11 is 1.46. The van der Waals surface area contributed by atoms with Gasteiger partial charge in [0.25, 0.3) is 5.91 Å². The molecule has 0 aliphatic rings. The monoisotopic (exact) mass is 445 g/mol. The van der Waals surface area contributed by atoms with Crippen LogP contribution in [0.1, 0.15) is 22.1 Å². The van der Waals surface area contributed by atoms with E-state index in [2.05, 4.69) is 15.5 Å². The van der Waals surface area contributed by atoms with Gasteiger partial charge < -0.3 is 19.0 Å². The van der Waals surface area contributed by atoms with Crippen molar-refractivity contribution in [3.63, 3.8) is 0 Å². The fraction of sp³-hybridized carbons (Fsp3) is 0.125. The summed E-state index contributed by atoms with van der Waals surface area (Å²) in [5.74, 6) is 1.88. The van der Waals surface area contributed by atoms with E-state index in [0.29, 0.717) is 40.1 Å². The minimum Gasteiger partial charge on any atom is -0.495 e. The zero-order valence-corrected chi connectivity index (χ0v) is 18.2. The molecule has 0 unspecified atom stereocenters. The lowest BCUT2D eigenvalue weighted by Gasteiger charge is -2.12. The number of carbonyl (C=O) groups is 1. The molecule has 5 rings (SSSR count). The van der Waals surface area contributed by atoms with Crippen LogP contribution in [0, 0.1) is 6.92 Å². The van der Waals surface area contributed by atoms with Crippen molar-refractivity contribution in [2.24, 2.45) is 0 Å². The van der Waals surface area contributed by atoms with E-state index < -0.39 is 0 Å². The maximum Gasteiger partial charge on any atom is 0.256 e. The van der Waals surface area contributed by atoms with E-state index in [9.17, 15) is 4.79 Å². The van der Waals surface area contributed by atoms with E-state index in [1.807, 2.05) is 48.5 Å². The number of fused-ring (bicyclic) bond motifs is 3. The molecule has 32 heavy (non-hydrogen) atoms. The van der Waals surface area contributed by atoms with Crippen LogP contribution in [0.2, 0.25) is 0 Å². The van der Waals surface area contributed by atoms with Crippen molar-refractivity contribution in [1.29, 1.82) is 0 Å². The second kappa shape index (κ2) is 8.39. The van der Waals surface area contributed by atoms with Crippen LogP contribution in [0.25, 0.3) is 21.9 Å². The lowest BCUT2D eigenvalue weighted by molar-refractivity contribution is 0.102. The summed E-state index contributed by atoms with van der Waals surface area (Å²) < 4.78 is 16.7. The molecule has 0 bridgehead atoms. The molecule has 0 saturated carbocycles. The van der Waals surface area contributed by atoms with Gasteiger partial charge in [0.05, 0.1) is 24.1 Å². The normalized spacial score (nSPS) is 11.2. The molecule has 8 heteroatoms. The minimum absolute atomic E-state index is 0.247. The lowest BCUT2D eigenvalue weighted by Crippen LogP contribution is -2.13. The molecule has 2 heterocycles. The summed E-state index contributed by atoms with van der Waals surface area (Å²) in [6.45, 7) is 1.77. The number of ether oxygens (including phenoxy) is 1. The van der Waals surface area contributed by atoms with Crippen LogP contribution in [-0.4, -0.2) is 23.2 Å². The summed E-state index contributed by atoms with van der Waals surface area (Å²) in [5.41, 5.74) is 2.54. The number of nitrogens with one attached hydrogen (secondary N) is 1. The first-order valence-corrected chi connectivity index (χ1v) is 10.9. The Labute approximate surface area is 187 Å². The molecule has 0 saturated heterocycles. The number of para-hydroxylation sites is 1. The Morgan fingerprint density at radius 3 is 2.69 bits per heavy atom. The number of nitrogens with zero attached hydrogens (tertiary/aromatic N) is 2. The van der Waals surface area contributed by atoms with Crippen molar-refractivity contribution in [3.8, 4) is 5.75 Å². The average molecular weight is 446 g/mol. The summed E-state index contributed by atoms with van der Waals surface area (Å²) in [6, 6.07) is 18.9. The van der Waals surface area contributed by atoms with Crippen LogP contribution < -0.4 is 10.1 Å². The molecule has 5 aromatic rings. The maximum absolute atomic E-state index is 13.2. The number of methoxy groups -OCH3 is 1. The Hall–Kier alpha value is -3.78. The zero-order chi connectivity index (χ0) is 22.1. The number of hydrogen-bond acceptors (Lipinski definition) is 7. The zero-order valence-electron chi connectivity index (χ0n) is 17.4. The Morgan fingerprint density at radius 2 is 1.88 bits per heavy atom. The summed E-state index contributed by atoms with van der Waals surface area (Å²) in [7, 11) is 1.58. The van der Waals surface area contributed by atoms with E-state index in [1.54, 1.807) is 26.2 Å². The van der Waals surface area contributed by atoms with E-state index in [-0.39, 0.29) is 5.91 Å². The molecule has 1 amide bonds. The van der Waals surface area contributed by atoms with E-state index >= 15 is 0 Å². The van der Waals surface area contributed by atoms with Gasteiger partial charge in [-0.1, -0.05) is 35.5 Å². The van der Waals surface area contributed by atoms with Gasteiger partial charge in [-0.05, 0) is 31.2 Å². The third kappa shape index (κ3) is 3.80. The fourth-order valence-electron chi connectivity index (χ4n) is 3.53. The minimum atomic E-state index is -0.247. The third-order valence-corrected chi connectivity index (χ3v) is 6.06. The molecule has 0 atom stereocenters. The van der Waals surface area contributed by atoms with Gasteiger partial charge in [0.1, 0.15) is 16.9 Å². The molecule has 7 nitrogen and oxygen atoms in total. The Bertz CT molecular complexity index is 1440. The first-order chi connectivity index (χ1) is 15.6. The van der Waals surface area contributed by atoms with Gasteiger partial charge in [-0.3, -0.25) is 4.79 Å². The highest BCUT2D eigenvalue weighted by Crippen LogP contribution is 2.37. The van der Waals surface area contributed by atoms with Gasteiger partial charge in [0.2, 0.25) is 5.89 Å². The van der Waals surface area contributed by atoms with Crippen LogP contribution in [0.15, 0.2) is 74.5 Å². The smallest absolute Gasteiger partial charge is 0.256 e. The molecule has 0 spiro atoms. The molecule has 0 aliphatic carbocycles. The van der Waals surface area contributed by atoms with Crippen LogP contribution in [-0.2, 0) is 5.75 Å². The number of amides is 1. The summed E-state index contributed by atoms with van der Waals surface area (Å²) in [4.78, 5) is 18.2. The number of anilines is 1. The highest BCUT2D eigenvalue weighted by molar-refractivity contribution is 7.98. The number of thioether (sulfide) groups is 1. The Kier molecular flexibility index (Phi) is 5.28. The largest absolute Gasteiger partial charge is 0.495 e. The van der Waals surface area contributed by atoms with E-state index in [1.165, 1.54) is 11.8 Å². The summed E-state index contributed by atoms with van der Waals surface area (Å²) in [5, 5.41) is 8.70. The van der Waals surface area contributed by atoms with Crippen molar-refractivity contribution in [2.75, 3.05) is 12.4 Å². The number of aryl methyl sites for hydroxylation is 1. The van der Waals surface area contributed by atoms with Crippen molar-refractivity contribution < 1.29 is 18.5 Å². The first kappa shape index (κ1) is 20.1. The quantitative estimate of drug-likeness (QED) is 0.329. The molecular weight excluding hydrogens is 426 g/mol. The van der Waals surface area contributed by atoms with Crippen LogP contribution >= 0.6 is 11.8 Å². The number of rotatable bonds is 6. The molecule has 3 aromatic carbocycles. The molecule has 0 radical (unpaired) electrons. The Balaban J connectivity index is 1.44. The second-order valence-electron chi connectivity index (χ2n) is 7.12. The molecular formula is C24H19N3O4S. The molecule has 1 N–H and O–H groups in total. The second-order valence-corrected chi connectivity index (χ2v) is 8.14. The van der Waals surface area contributed by atoms with Crippen molar-refractivity contribution in [3.05, 3.63) is 77.9 Å². The van der Waals surface area contributed by atoms with E-state index in [0.717, 1.165) is 21.3 Å². The topological polar surface area (TPSA) is 90.4 Å². The van der Waals surface area contributed by atoms with E-state index in [4.69, 9.17) is 13.7 Å². The van der Waals surface area contributed by atoms with Gasteiger partial charge in [-0.15, -0.1) is 11.8 Å². The number of aromatic nitrogens is 2. The fourth-order valence-corrected chi connectivity index (χ4v) is 4.41. The van der Waals surface area contributed by atoms with Crippen LogP contribution in [0.4, 0.5) is 5.69 Å². The standard InChI is InChI=1S/C24H19N3O4S/c1-14-25-23(31-27-14)13-32-22-10-6-4-8-16(22)24(28)26-18-12-20-17(11-21(18)29-2)15-7-3-5-9-19(15)30-20/h3-12H,13H2,1-2H3,(H,26,28). The predicted molar refractivity (Wildman–Crippen MR) is 123 cm³/mol. The van der Waals surface area contributed by atoms with Gasteiger partial charge in [0.15, 0.2) is 5.82 Å². The van der Waals surface area contributed by atoms with Gasteiger partial charge in [-0.2, -0.15) is 4.98 Å². The van der Waals surface area contributed by atoms with Crippen molar-refractivity contribution >= 4 is 45.3 Å². The lowest BCUT2D eigenvalue weighted by atomic mass is 10.1. The van der Waals surface area contributed by atoms with Gasteiger partial charge in [0, 0.05) is 21.7 Å². The molecule has 0 fully saturated rings.